The van der Waals surface area contributed by atoms with Crippen molar-refractivity contribution in [2.45, 2.75) is 66.2 Å². The minimum absolute atomic E-state index is 0.773. The Bertz CT molecular complexity index is 60.4. The molecule has 0 heterocycles. The zero-order chi connectivity index (χ0) is 10.5. The second-order valence-corrected chi connectivity index (χ2v) is 3.80. The Morgan fingerprint density at radius 3 is 1.92 bits per heavy atom. The van der Waals surface area contributed by atoms with Gasteiger partial charge < -0.3 is 0 Å². The standard InChI is InChI=1S/C7H15.C6H13/c1-3-5-7-6-4-2;1-4-5-6(2)3/h1,3-7H2,2H3;5-6H,4H2,1-3H3. The van der Waals surface area contributed by atoms with E-state index in [4.69, 9.17) is 0 Å². The lowest BCUT2D eigenvalue weighted by atomic mass is 10.1. The summed E-state index contributed by atoms with van der Waals surface area (Å²) in [4.78, 5) is 0. The van der Waals surface area contributed by atoms with Crippen molar-refractivity contribution in [1.82, 2.24) is 0 Å². The summed E-state index contributed by atoms with van der Waals surface area (Å²) in [7, 11) is 0. The van der Waals surface area contributed by atoms with Crippen molar-refractivity contribution >= 4 is 0 Å². The molecule has 0 atom stereocenters. The summed E-state index contributed by atoms with van der Waals surface area (Å²) in [5.41, 5.74) is 0. The maximum absolute atomic E-state index is 3.76. The summed E-state index contributed by atoms with van der Waals surface area (Å²) in [6, 6.07) is 0. The van der Waals surface area contributed by atoms with Crippen LogP contribution >= 0.6 is 0 Å². The third kappa shape index (κ3) is 24.5. The topological polar surface area (TPSA) is 0 Å². The van der Waals surface area contributed by atoms with E-state index in [1.807, 2.05) is 0 Å². The third-order valence-electron chi connectivity index (χ3n) is 1.81. The zero-order valence-electron chi connectivity index (χ0n) is 10.1. The van der Waals surface area contributed by atoms with Crippen LogP contribution in [0.15, 0.2) is 0 Å². The molecule has 80 valence electrons. The monoisotopic (exact) mass is 184 g/mol. The van der Waals surface area contributed by atoms with E-state index in [9.17, 15) is 0 Å². The summed E-state index contributed by atoms with van der Waals surface area (Å²) in [5.74, 6) is 0.773. The van der Waals surface area contributed by atoms with Gasteiger partial charge in [-0.05, 0) is 12.3 Å². The van der Waals surface area contributed by atoms with Crippen LogP contribution in [0.25, 0.3) is 0 Å². The average molecular weight is 184 g/mol. The normalized spacial score (nSPS) is 9.69. The molecule has 0 nitrogen and oxygen atoms in total. The van der Waals surface area contributed by atoms with Crippen LogP contribution in [-0.2, 0) is 0 Å². The van der Waals surface area contributed by atoms with Crippen LogP contribution in [0.2, 0.25) is 0 Å². The van der Waals surface area contributed by atoms with Gasteiger partial charge in [-0.2, -0.15) is 0 Å². The van der Waals surface area contributed by atoms with Crippen molar-refractivity contribution in [3.05, 3.63) is 13.3 Å². The van der Waals surface area contributed by atoms with Crippen LogP contribution in [0.1, 0.15) is 66.2 Å². The van der Waals surface area contributed by atoms with Gasteiger partial charge in [-0.25, -0.2) is 0 Å². The molecule has 0 rings (SSSR count). The van der Waals surface area contributed by atoms with Crippen LogP contribution in [0.4, 0.5) is 0 Å². The van der Waals surface area contributed by atoms with Gasteiger partial charge in [0.1, 0.15) is 0 Å². The van der Waals surface area contributed by atoms with E-state index in [1.165, 1.54) is 32.1 Å². The van der Waals surface area contributed by atoms with Crippen LogP contribution < -0.4 is 0 Å². The molecule has 0 aliphatic carbocycles. The molecule has 13 heavy (non-hydrogen) atoms. The molecule has 0 fully saturated rings. The van der Waals surface area contributed by atoms with Gasteiger partial charge in [0.15, 0.2) is 0 Å². The highest BCUT2D eigenvalue weighted by molar-refractivity contribution is 4.64. The fourth-order valence-corrected chi connectivity index (χ4v) is 1.07. The Balaban J connectivity index is 0. The second kappa shape index (κ2) is 14.5. The number of hydrogen-bond donors (Lipinski definition) is 0. The van der Waals surface area contributed by atoms with Gasteiger partial charge in [0.2, 0.25) is 0 Å². The largest absolute Gasteiger partial charge is 0.0654 e. The van der Waals surface area contributed by atoms with Crippen LogP contribution in [0, 0.1) is 19.3 Å². The Hall–Kier alpha value is 0. The molecule has 0 amide bonds. The second-order valence-electron chi connectivity index (χ2n) is 3.80. The summed E-state index contributed by atoms with van der Waals surface area (Å²) < 4.78 is 0. The molecule has 0 aromatic rings. The van der Waals surface area contributed by atoms with Crippen LogP contribution in [0.5, 0.6) is 0 Å². The number of rotatable bonds is 6. The van der Waals surface area contributed by atoms with Crippen molar-refractivity contribution < 1.29 is 0 Å². The molecule has 0 aromatic carbocycles. The van der Waals surface area contributed by atoms with Gasteiger partial charge >= 0.3 is 0 Å². The first kappa shape index (κ1) is 15.5. The maximum atomic E-state index is 3.76. The molecule has 0 saturated heterocycles. The Morgan fingerprint density at radius 2 is 1.69 bits per heavy atom. The molecule has 0 aromatic heterocycles. The SMILES string of the molecule is CC[CH]C(C)C.[CH2]CCCCCC. The molecule has 0 N–H and O–H groups in total. The molecule has 0 spiro atoms. The van der Waals surface area contributed by atoms with Crippen molar-refractivity contribution in [2.24, 2.45) is 5.92 Å². The number of hydrogen-bond acceptors (Lipinski definition) is 0. The molecule has 0 saturated carbocycles. The van der Waals surface area contributed by atoms with Crippen molar-refractivity contribution in [1.29, 1.82) is 0 Å². The van der Waals surface area contributed by atoms with Crippen LogP contribution in [0.3, 0.4) is 0 Å². The Kier molecular flexibility index (Phi) is 17.3. The van der Waals surface area contributed by atoms with E-state index < -0.39 is 0 Å². The first-order valence-electron chi connectivity index (χ1n) is 5.81. The molecule has 0 bridgehead atoms. The fourth-order valence-electron chi connectivity index (χ4n) is 1.07. The summed E-state index contributed by atoms with van der Waals surface area (Å²) in [6.45, 7) is 12.5. The van der Waals surface area contributed by atoms with E-state index in [0.717, 1.165) is 12.3 Å². The smallest absolute Gasteiger partial charge is 0.0363 e. The fraction of sp³-hybridized carbons (Fsp3) is 0.846. The first-order valence-corrected chi connectivity index (χ1v) is 5.81. The molecule has 0 heteroatoms. The lowest BCUT2D eigenvalue weighted by Gasteiger charge is -1.95. The van der Waals surface area contributed by atoms with Crippen molar-refractivity contribution in [2.75, 3.05) is 0 Å². The van der Waals surface area contributed by atoms with E-state index in [2.05, 4.69) is 41.0 Å². The van der Waals surface area contributed by atoms with Gasteiger partial charge in [-0.15, -0.1) is 0 Å². The van der Waals surface area contributed by atoms with Gasteiger partial charge in [-0.1, -0.05) is 73.1 Å². The highest BCUT2D eigenvalue weighted by Gasteiger charge is 1.86. The molecule has 0 aliphatic heterocycles. The van der Waals surface area contributed by atoms with E-state index in [-0.39, 0.29) is 0 Å². The molecular formula is C13H28. The third-order valence-corrected chi connectivity index (χ3v) is 1.81. The van der Waals surface area contributed by atoms with Gasteiger partial charge in [-0.3, -0.25) is 0 Å². The Labute approximate surface area is 86.1 Å². The summed E-state index contributed by atoms with van der Waals surface area (Å²) in [5, 5.41) is 0. The van der Waals surface area contributed by atoms with Gasteiger partial charge in [0, 0.05) is 0 Å². The molecule has 2 radical (unpaired) electrons. The molecule has 0 unspecified atom stereocenters. The lowest BCUT2D eigenvalue weighted by Crippen LogP contribution is -1.83. The number of unbranched alkanes of at least 4 members (excludes halogenated alkanes) is 4. The van der Waals surface area contributed by atoms with Crippen LogP contribution in [-0.4, -0.2) is 0 Å². The minimum Gasteiger partial charge on any atom is -0.0654 e. The molecule has 0 aliphatic rings. The Morgan fingerprint density at radius 1 is 1.08 bits per heavy atom. The zero-order valence-corrected chi connectivity index (χ0v) is 10.1. The minimum atomic E-state index is 0.773. The first-order chi connectivity index (χ1) is 6.18. The lowest BCUT2D eigenvalue weighted by molar-refractivity contribution is 0.673. The van der Waals surface area contributed by atoms with E-state index >= 15 is 0 Å². The quantitative estimate of drug-likeness (QED) is 0.507. The van der Waals surface area contributed by atoms with Crippen molar-refractivity contribution in [3.63, 3.8) is 0 Å². The summed E-state index contributed by atoms with van der Waals surface area (Å²) in [6.07, 6.45) is 10.0. The average Bonchev–Trinajstić information content (AvgIpc) is 2.06. The predicted molar refractivity (Wildman–Crippen MR) is 63.5 cm³/mol. The summed E-state index contributed by atoms with van der Waals surface area (Å²) >= 11 is 0. The predicted octanol–water partition coefficient (Wildman–Crippen LogP) is 5.05. The maximum Gasteiger partial charge on any atom is -0.0363 e. The van der Waals surface area contributed by atoms with E-state index in [0.29, 0.717) is 0 Å². The van der Waals surface area contributed by atoms with E-state index in [1.54, 1.807) is 0 Å². The highest BCUT2D eigenvalue weighted by Crippen LogP contribution is 2.00. The van der Waals surface area contributed by atoms with Crippen molar-refractivity contribution in [3.8, 4) is 0 Å². The molecular weight excluding hydrogens is 156 g/mol. The van der Waals surface area contributed by atoms with Gasteiger partial charge in [0.25, 0.3) is 0 Å². The highest BCUT2D eigenvalue weighted by atomic mass is 13.9. The van der Waals surface area contributed by atoms with Gasteiger partial charge in [0.05, 0.1) is 0 Å².